The van der Waals surface area contributed by atoms with Gasteiger partial charge in [-0.15, -0.1) is 0 Å². The Bertz CT molecular complexity index is 1080. The van der Waals surface area contributed by atoms with E-state index in [9.17, 15) is 31.1 Å². The number of hydrogen-bond acceptors (Lipinski definition) is 3. The zero-order chi connectivity index (χ0) is 22.8. The van der Waals surface area contributed by atoms with Crippen molar-refractivity contribution in [2.45, 2.75) is 12.4 Å². The van der Waals surface area contributed by atoms with Crippen LogP contribution in [0.3, 0.4) is 0 Å². The molecule has 3 rings (SSSR count). The molecule has 0 fully saturated rings. The summed E-state index contributed by atoms with van der Waals surface area (Å²) in [6, 6.07) is 10.2. The first-order valence-electron chi connectivity index (χ1n) is 8.47. The standard InChI is InChI=1S/C19H12ClF6N3O2/c20-13-3-1-2-4-14(13)29-17(9-15(28-29)19(24,25)26)31-10-16(30)27-12-7-5-11(6-8-12)18(21,22)23/h1-9H,10H2,(H,27,30). The monoisotopic (exact) mass is 463 g/mol. The highest BCUT2D eigenvalue weighted by Gasteiger charge is 2.36. The molecule has 0 saturated heterocycles. The maximum atomic E-state index is 13.1. The lowest BCUT2D eigenvalue weighted by Crippen LogP contribution is -2.21. The molecule has 5 nitrogen and oxygen atoms in total. The molecule has 1 amide bonds. The summed E-state index contributed by atoms with van der Waals surface area (Å²) in [6.45, 7) is -0.728. The Balaban J connectivity index is 1.75. The van der Waals surface area contributed by atoms with E-state index in [1.54, 1.807) is 6.07 Å². The highest BCUT2D eigenvalue weighted by atomic mass is 35.5. The van der Waals surface area contributed by atoms with Crippen LogP contribution in [0, 0.1) is 0 Å². The maximum absolute atomic E-state index is 13.1. The number of hydrogen-bond donors (Lipinski definition) is 1. The van der Waals surface area contributed by atoms with E-state index in [1.165, 1.54) is 18.2 Å². The maximum Gasteiger partial charge on any atom is 0.435 e. The van der Waals surface area contributed by atoms with Crippen molar-refractivity contribution in [1.29, 1.82) is 0 Å². The van der Waals surface area contributed by atoms with Crippen LogP contribution in [0.2, 0.25) is 5.02 Å². The number of para-hydroxylation sites is 1. The zero-order valence-electron chi connectivity index (χ0n) is 15.3. The minimum Gasteiger partial charge on any atom is -0.467 e. The molecule has 3 aromatic rings. The van der Waals surface area contributed by atoms with E-state index in [2.05, 4.69) is 10.4 Å². The van der Waals surface area contributed by atoms with Gasteiger partial charge in [-0.2, -0.15) is 36.1 Å². The Labute approximate surface area is 176 Å². The normalized spacial score (nSPS) is 12.0. The highest BCUT2D eigenvalue weighted by molar-refractivity contribution is 6.32. The predicted octanol–water partition coefficient (Wildman–Crippen LogP) is 5.58. The molecule has 1 N–H and O–H groups in total. The minimum absolute atomic E-state index is 0.0530. The Hall–Kier alpha value is -3.21. The molecule has 0 spiro atoms. The molecule has 0 bridgehead atoms. The fourth-order valence-electron chi connectivity index (χ4n) is 2.48. The van der Waals surface area contributed by atoms with Crippen LogP contribution in [0.1, 0.15) is 11.3 Å². The van der Waals surface area contributed by atoms with Crippen molar-refractivity contribution in [2.24, 2.45) is 0 Å². The molecule has 1 heterocycles. The molecule has 31 heavy (non-hydrogen) atoms. The summed E-state index contributed by atoms with van der Waals surface area (Å²) >= 11 is 6.01. The van der Waals surface area contributed by atoms with E-state index in [4.69, 9.17) is 16.3 Å². The first kappa shape index (κ1) is 22.5. The molecule has 12 heteroatoms. The van der Waals surface area contributed by atoms with Crippen molar-refractivity contribution in [3.05, 3.63) is 70.9 Å². The van der Waals surface area contributed by atoms with Gasteiger partial charge >= 0.3 is 12.4 Å². The predicted molar refractivity (Wildman–Crippen MR) is 99.1 cm³/mol. The van der Waals surface area contributed by atoms with E-state index in [-0.39, 0.29) is 16.4 Å². The Morgan fingerprint density at radius 1 is 1.00 bits per heavy atom. The Morgan fingerprint density at radius 2 is 1.65 bits per heavy atom. The zero-order valence-corrected chi connectivity index (χ0v) is 16.0. The van der Waals surface area contributed by atoms with Gasteiger partial charge in [0.25, 0.3) is 5.91 Å². The van der Waals surface area contributed by atoms with Crippen LogP contribution < -0.4 is 10.1 Å². The minimum atomic E-state index is -4.77. The first-order valence-corrected chi connectivity index (χ1v) is 8.85. The van der Waals surface area contributed by atoms with Crippen LogP contribution in [-0.2, 0) is 17.1 Å². The molecule has 0 saturated carbocycles. The van der Waals surface area contributed by atoms with Crippen LogP contribution in [0.4, 0.5) is 32.0 Å². The average molecular weight is 464 g/mol. The molecule has 0 aliphatic heterocycles. The molecule has 1 aromatic heterocycles. The second-order valence-electron chi connectivity index (χ2n) is 6.14. The summed E-state index contributed by atoms with van der Waals surface area (Å²) in [6.07, 6.45) is -9.30. The fourth-order valence-corrected chi connectivity index (χ4v) is 2.70. The second kappa shape index (κ2) is 8.50. The molecule has 2 aromatic carbocycles. The first-order chi connectivity index (χ1) is 14.4. The number of benzene rings is 2. The lowest BCUT2D eigenvalue weighted by atomic mass is 10.2. The van der Waals surface area contributed by atoms with Gasteiger partial charge in [0.2, 0.25) is 5.88 Å². The SMILES string of the molecule is O=C(COc1cc(C(F)(F)F)nn1-c1ccccc1Cl)Nc1ccc(C(F)(F)F)cc1. The van der Waals surface area contributed by atoms with Gasteiger partial charge in [0, 0.05) is 11.8 Å². The smallest absolute Gasteiger partial charge is 0.435 e. The fraction of sp³-hybridized carbons (Fsp3) is 0.158. The van der Waals surface area contributed by atoms with Gasteiger partial charge in [-0.05, 0) is 36.4 Å². The van der Waals surface area contributed by atoms with E-state index in [0.29, 0.717) is 6.07 Å². The van der Waals surface area contributed by atoms with Gasteiger partial charge in [-0.3, -0.25) is 4.79 Å². The number of halogens is 7. The van der Waals surface area contributed by atoms with Crippen molar-refractivity contribution in [3.8, 4) is 11.6 Å². The van der Waals surface area contributed by atoms with Crippen LogP contribution >= 0.6 is 11.6 Å². The molecule has 0 unspecified atom stereocenters. The van der Waals surface area contributed by atoms with Crippen LogP contribution in [0.25, 0.3) is 5.69 Å². The summed E-state index contributed by atoms with van der Waals surface area (Å²) in [5, 5.41) is 5.84. The van der Waals surface area contributed by atoms with Crippen molar-refractivity contribution in [1.82, 2.24) is 9.78 Å². The van der Waals surface area contributed by atoms with Crippen molar-refractivity contribution in [3.63, 3.8) is 0 Å². The van der Waals surface area contributed by atoms with E-state index in [1.807, 2.05) is 0 Å². The summed E-state index contributed by atoms with van der Waals surface area (Å²) < 4.78 is 82.9. The van der Waals surface area contributed by atoms with Gasteiger partial charge in [0.05, 0.1) is 16.3 Å². The van der Waals surface area contributed by atoms with Gasteiger partial charge in [-0.1, -0.05) is 23.7 Å². The lowest BCUT2D eigenvalue weighted by molar-refractivity contribution is -0.141. The van der Waals surface area contributed by atoms with Crippen LogP contribution in [0.5, 0.6) is 5.88 Å². The number of carbonyl (C=O) groups is 1. The van der Waals surface area contributed by atoms with Gasteiger partial charge in [0.1, 0.15) is 0 Å². The summed E-state index contributed by atoms with van der Waals surface area (Å²) in [7, 11) is 0. The number of rotatable bonds is 5. The van der Waals surface area contributed by atoms with Crippen LogP contribution in [0.15, 0.2) is 54.6 Å². The number of aromatic nitrogens is 2. The number of amides is 1. The Morgan fingerprint density at radius 3 is 2.23 bits per heavy atom. The number of nitrogens with zero attached hydrogens (tertiary/aromatic N) is 2. The summed E-state index contributed by atoms with van der Waals surface area (Å²) in [5.74, 6) is -1.21. The second-order valence-corrected chi connectivity index (χ2v) is 6.55. The quantitative estimate of drug-likeness (QED) is 0.503. The lowest BCUT2D eigenvalue weighted by Gasteiger charge is -2.11. The van der Waals surface area contributed by atoms with Crippen LogP contribution in [-0.4, -0.2) is 22.3 Å². The van der Waals surface area contributed by atoms with Crippen molar-refractivity contribution >= 4 is 23.2 Å². The molecule has 164 valence electrons. The largest absolute Gasteiger partial charge is 0.467 e. The number of carbonyl (C=O) groups excluding carboxylic acids is 1. The molecular formula is C19H12ClF6N3O2. The van der Waals surface area contributed by atoms with Gasteiger partial charge < -0.3 is 10.1 Å². The van der Waals surface area contributed by atoms with Gasteiger partial charge in [-0.25, -0.2) is 0 Å². The third-order valence-corrected chi connectivity index (χ3v) is 4.21. The topological polar surface area (TPSA) is 56.1 Å². The average Bonchev–Trinajstić information content (AvgIpc) is 3.11. The number of anilines is 1. The van der Waals surface area contributed by atoms with E-state index in [0.717, 1.165) is 28.9 Å². The highest BCUT2D eigenvalue weighted by Crippen LogP contribution is 2.33. The third-order valence-electron chi connectivity index (χ3n) is 3.89. The third kappa shape index (κ3) is 5.48. The van der Waals surface area contributed by atoms with Crippen molar-refractivity contribution in [2.75, 3.05) is 11.9 Å². The summed E-state index contributed by atoms with van der Waals surface area (Å²) in [5.41, 5.74) is -2.01. The number of alkyl halides is 6. The van der Waals surface area contributed by atoms with E-state index >= 15 is 0 Å². The molecule has 0 aliphatic carbocycles. The van der Waals surface area contributed by atoms with E-state index < -0.39 is 42.0 Å². The molecule has 0 atom stereocenters. The molecular weight excluding hydrogens is 452 g/mol. The number of nitrogens with one attached hydrogen (secondary N) is 1. The van der Waals surface area contributed by atoms with Gasteiger partial charge in [0.15, 0.2) is 12.3 Å². The summed E-state index contributed by atoms with van der Waals surface area (Å²) in [4.78, 5) is 12.0. The van der Waals surface area contributed by atoms with Crippen molar-refractivity contribution < 1.29 is 35.9 Å². The molecule has 0 radical (unpaired) electrons. The Kier molecular flexibility index (Phi) is 6.16. The molecule has 0 aliphatic rings. The number of ether oxygens (including phenoxy) is 1.